The van der Waals surface area contributed by atoms with Crippen molar-refractivity contribution >= 4 is 66.7 Å². The normalized spacial score (nSPS) is 14.9. The molecule has 0 spiro atoms. The number of fused-ring (bicyclic) bond motifs is 4. The SMILES string of the molecule is CC1=NCC(C)=C1c1cc(-c2c(C)noc2C)cc2[nH]c(C3(F)CC3)nc12.CC1=NCC(C)=C1c1cc(-c2c(C)noc2C)cc2[nH]c(C3CC3)nc12.Cc1cccc(C)c1-c1cc(-c2c(C)noc2C)cc2[nH]cnc12.Cc1ccn(C)c1-c1cc(-c2c(C)noc2C)cc2[nH]cnc12. The molecule has 0 saturated heterocycles. The summed E-state index contributed by atoms with van der Waals surface area (Å²) in [5.74, 6) is 5.41. The van der Waals surface area contributed by atoms with E-state index in [-0.39, 0.29) is 0 Å². The Hall–Kier alpha value is -11.2. The van der Waals surface area contributed by atoms with Crippen molar-refractivity contribution in [2.45, 2.75) is 141 Å². The van der Waals surface area contributed by atoms with Gasteiger partial charge in [-0.1, -0.05) is 38.8 Å². The molecular weight excluding hydrogens is 1250 g/mol. The Morgan fingerprint density at radius 2 is 0.880 bits per heavy atom. The summed E-state index contributed by atoms with van der Waals surface area (Å²) in [6.45, 7) is 31.9. The maximum Gasteiger partial charge on any atom is 0.168 e. The van der Waals surface area contributed by atoms with E-state index in [0.29, 0.717) is 31.1 Å². The summed E-state index contributed by atoms with van der Waals surface area (Å²) in [7, 11) is 2.06. The van der Waals surface area contributed by atoms with E-state index in [1.165, 1.54) is 57.5 Å². The number of aliphatic imine (C=N–C) groups is 2. The van der Waals surface area contributed by atoms with Gasteiger partial charge in [0.1, 0.15) is 34.7 Å². The Labute approximate surface area is 577 Å². The summed E-state index contributed by atoms with van der Waals surface area (Å²) in [5, 5.41) is 16.4. The van der Waals surface area contributed by atoms with E-state index in [2.05, 4.69) is 192 Å². The van der Waals surface area contributed by atoms with Crippen LogP contribution in [0.15, 0.2) is 131 Å². The standard InChI is InChI=1S/C21H21FN4O.C21H22N4O.C20H19N3O.C18H18N4O/c1-10-9-23-11(2)17(10)15-7-14(18-12(3)26-27-13(18)4)8-16-19(15)25-20(24-16)21(22)5-6-21;1-10-9-22-11(2)18(10)16-7-15(19-12(3)25-26-13(19)4)8-17-20(16)24-21(23-17)14-5-6-14;1-11-6-5-7-12(2)18(11)16-8-15(9-17-20(16)22-10-21-17)19-13(3)23-24-14(19)4;1-10-5-6-22(4)18(10)14-7-13(8-15-17(14)20-9-19-15)16-11(2)21-23-12(16)3/h7-8H,5-6,9H2,1-4H3,(H,24,25);7-8,14H,5-6,9H2,1-4H3,(H,23,24);5-10H,1-4H3,(H,21,22);5-9H,1-4H3,(H,19,20). The number of alkyl halides is 1. The van der Waals surface area contributed by atoms with E-state index < -0.39 is 5.67 Å². The molecule has 4 N–H and O–H groups in total. The minimum absolute atomic E-state index is 0.431. The Balaban J connectivity index is 0.000000109. The number of allylic oxidation sites excluding steroid dienone is 2. The average Bonchev–Trinajstić information content (AvgIpc) is 1.58. The van der Waals surface area contributed by atoms with Crippen molar-refractivity contribution in [2.24, 2.45) is 17.0 Å². The molecule has 0 atom stereocenters. The number of hydrogen-bond donors (Lipinski definition) is 4. The summed E-state index contributed by atoms with van der Waals surface area (Å²) >= 11 is 0. The number of nitrogens with one attached hydrogen (secondary N) is 4. The van der Waals surface area contributed by atoms with Gasteiger partial charge in [-0.2, -0.15) is 0 Å². The molecule has 20 heteroatoms. The van der Waals surface area contributed by atoms with Gasteiger partial charge in [0.2, 0.25) is 0 Å². The maximum absolute atomic E-state index is 14.7. The van der Waals surface area contributed by atoms with Crippen LogP contribution < -0.4 is 0 Å². The van der Waals surface area contributed by atoms with E-state index in [0.717, 1.165) is 186 Å². The first-order chi connectivity index (χ1) is 48.0. The Morgan fingerprint density at radius 3 is 1.28 bits per heavy atom. The fourth-order valence-electron chi connectivity index (χ4n) is 14.9. The number of H-pyrrole nitrogens is 4. The number of rotatable bonds is 10. The molecule has 14 aromatic rings. The first-order valence-corrected chi connectivity index (χ1v) is 34.1. The van der Waals surface area contributed by atoms with Crippen LogP contribution in [0.3, 0.4) is 0 Å². The van der Waals surface area contributed by atoms with Gasteiger partial charge in [0, 0.05) is 86.2 Å². The third-order valence-corrected chi connectivity index (χ3v) is 20.1. The fraction of sp³-hybridized carbons (Fsp3) is 0.300. The van der Waals surface area contributed by atoms with Crippen LogP contribution in [0, 0.1) is 76.2 Å². The highest BCUT2D eigenvalue weighted by Crippen LogP contribution is 2.50. The lowest BCUT2D eigenvalue weighted by molar-refractivity contribution is 0.303. The number of benzene rings is 5. The van der Waals surface area contributed by atoms with Crippen molar-refractivity contribution in [1.29, 1.82) is 0 Å². The van der Waals surface area contributed by atoms with Crippen LogP contribution >= 0.6 is 0 Å². The molecule has 0 unspecified atom stereocenters. The van der Waals surface area contributed by atoms with Gasteiger partial charge in [0.15, 0.2) is 5.67 Å². The van der Waals surface area contributed by atoms with Gasteiger partial charge in [-0.05, 0) is 240 Å². The highest BCUT2D eigenvalue weighted by molar-refractivity contribution is 6.28. The molecule has 11 heterocycles. The molecule has 9 aromatic heterocycles. The maximum atomic E-state index is 14.7. The first-order valence-electron chi connectivity index (χ1n) is 34.1. The second-order valence-corrected chi connectivity index (χ2v) is 27.6. The molecule has 18 rings (SSSR count). The summed E-state index contributed by atoms with van der Waals surface area (Å²) in [6, 6.07) is 25.6. The number of halogens is 1. The molecule has 0 bridgehead atoms. The zero-order chi connectivity index (χ0) is 69.9. The van der Waals surface area contributed by atoms with Gasteiger partial charge in [-0.25, -0.2) is 24.3 Å². The largest absolute Gasteiger partial charge is 0.361 e. The minimum atomic E-state index is -1.30. The van der Waals surface area contributed by atoms with Gasteiger partial charge >= 0.3 is 0 Å². The molecule has 100 heavy (non-hydrogen) atoms. The first kappa shape index (κ1) is 64.8. The Kier molecular flexibility index (Phi) is 16.2. The average molecular weight is 1330 g/mol. The molecule has 2 aliphatic heterocycles. The second kappa shape index (κ2) is 25.0. The van der Waals surface area contributed by atoms with Crippen LogP contribution in [0.2, 0.25) is 0 Å². The van der Waals surface area contributed by atoms with Crippen molar-refractivity contribution in [3.8, 4) is 66.9 Å². The van der Waals surface area contributed by atoms with Crippen LogP contribution in [-0.2, 0) is 12.7 Å². The zero-order valence-electron chi connectivity index (χ0n) is 59.4. The number of hydrogen-bond acceptors (Lipinski definition) is 14. The van der Waals surface area contributed by atoms with Gasteiger partial charge in [-0.15, -0.1) is 0 Å². The molecule has 2 fully saturated rings. The van der Waals surface area contributed by atoms with Crippen LogP contribution in [-0.4, -0.2) is 89.6 Å². The van der Waals surface area contributed by atoms with E-state index >= 15 is 0 Å². The third-order valence-electron chi connectivity index (χ3n) is 20.1. The summed E-state index contributed by atoms with van der Waals surface area (Å²) < 4.78 is 38.3. The van der Waals surface area contributed by atoms with Gasteiger partial charge in [0.05, 0.1) is 98.3 Å². The monoisotopic (exact) mass is 1330 g/mol. The highest BCUT2D eigenvalue weighted by Gasteiger charge is 2.48. The minimum Gasteiger partial charge on any atom is -0.361 e. The number of aromatic amines is 4. The molecule has 4 aliphatic rings. The van der Waals surface area contributed by atoms with Gasteiger partial charge in [-0.3, -0.25) is 9.98 Å². The van der Waals surface area contributed by atoms with Crippen LogP contribution in [0.4, 0.5) is 4.39 Å². The molecule has 2 saturated carbocycles. The quantitative estimate of drug-likeness (QED) is 0.0998. The van der Waals surface area contributed by atoms with E-state index in [9.17, 15) is 4.39 Å². The Bertz CT molecular complexity index is 5630. The Morgan fingerprint density at radius 1 is 0.460 bits per heavy atom. The van der Waals surface area contributed by atoms with Crippen molar-refractivity contribution in [3.05, 3.63) is 188 Å². The topological polar surface area (TPSA) is 248 Å². The summed E-state index contributed by atoms with van der Waals surface area (Å²) in [4.78, 5) is 41.2. The summed E-state index contributed by atoms with van der Waals surface area (Å²) in [5.41, 5.74) is 35.9. The number of imidazole rings is 4. The van der Waals surface area contributed by atoms with Crippen molar-refractivity contribution in [1.82, 2.24) is 65.1 Å². The lowest BCUT2D eigenvalue weighted by atomic mass is 9.91. The smallest absolute Gasteiger partial charge is 0.168 e. The van der Waals surface area contributed by atoms with Gasteiger partial charge in [0.25, 0.3) is 0 Å². The van der Waals surface area contributed by atoms with E-state index in [4.69, 9.17) is 23.1 Å². The van der Waals surface area contributed by atoms with Gasteiger partial charge < -0.3 is 42.6 Å². The van der Waals surface area contributed by atoms with Crippen LogP contribution in [0.25, 0.3) is 122 Å². The molecule has 506 valence electrons. The molecule has 5 aromatic carbocycles. The van der Waals surface area contributed by atoms with Crippen molar-refractivity contribution in [3.63, 3.8) is 0 Å². The van der Waals surface area contributed by atoms with Crippen molar-refractivity contribution in [2.75, 3.05) is 13.1 Å². The fourth-order valence-corrected chi connectivity index (χ4v) is 14.9. The third kappa shape index (κ3) is 11.5. The summed E-state index contributed by atoms with van der Waals surface area (Å²) in [6.07, 6.45) is 9.08. The molecular formula is C80H80FN15O4. The molecule has 19 nitrogen and oxygen atoms in total. The number of aromatic nitrogens is 13. The molecule has 0 radical (unpaired) electrons. The zero-order valence-corrected chi connectivity index (χ0v) is 59.4. The van der Waals surface area contributed by atoms with Crippen molar-refractivity contribution < 1.29 is 22.5 Å². The predicted octanol–water partition coefficient (Wildman–Crippen LogP) is 19.3. The van der Waals surface area contributed by atoms with E-state index in [1.54, 1.807) is 12.7 Å². The molecule has 0 amide bonds. The van der Waals surface area contributed by atoms with E-state index in [1.807, 2.05) is 68.4 Å². The number of aryl methyl sites for hydroxylation is 12. The predicted molar refractivity (Wildman–Crippen MR) is 393 cm³/mol. The number of nitrogens with zero attached hydrogens (tertiary/aromatic N) is 11. The van der Waals surface area contributed by atoms with Crippen LogP contribution in [0.1, 0.15) is 145 Å². The van der Waals surface area contributed by atoms with Crippen LogP contribution in [0.5, 0.6) is 0 Å². The second-order valence-electron chi connectivity index (χ2n) is 27.6. The lowest BCUT2D eigenvalue weighted by Gasteiger charge is -2.12. The lowest BCUT2D eigenvalue weighted by Crippen LogP contribution is -2.00. The highest BCUT2D eigenvalue weighted by atomic mass is 19.1. The molecule has 2 aliphatic carbocycles.